The monoisotopic (exact) mass is 222 g/mol. The molecular weight excluding hydrogens is 208 g/mol. The molecule has 2 aliphatic rings. The molecule has 0 atom stereocenters. The van der Waals surface area contributed by atoms with Crippen LogP contribution in [0.4, 0.5) is 0 Å². The van der Waals surface area contributed by atoms with Gasteiger partial charge in [0.2, 0.25) is 0 Å². The summed E-state index contributed by atoms with van der Waals surface area (Å²) in [5.41, 5.74) is 4.86. The first-order chi connectivity index (χ1) is 8.36. The number of fused-ring (bicyclic) bond motifs is 1. The Bertz CT molecular complexity index is 547. The van der Waals surface area contributed by atoms with Gasteiger partial charge in [-0.05, 0) is 48.3 Å². The van der Waals surface area contributed by atoms with Crippen molar-refractivity contribution in [2.75, 3.05) is 13.1 Å². The molecule has 1 heterocycles. The Kier molecular flexibility index (Phi) is 2.45. The van der Waals surface area contributed by atoms with Crippen LogP contribution in [-0.2, 0) is 12.8 Å². The summed E-state index contributed by atoms with van der Waals surface area (Å²) < 4.78 is 0. The van der Waals surface area contributed by atoms with Gasteiger partial charge in [-0.2, -0.15) is 5.26 Å². The lowest BCUT2D eigenvalue weighted by Gasteiger charge is -2.26. The van der Waals surface area contributed by atoms with Crippen LogP contribution in [0, 0.1) is 11.3 Å². The van der Waals surface area contributed by atoms with Crippen molar-refractivity contribution < 1.29 is 0 Å². The molecule has 0 unspecified atom stereocenters. The second-order valence-corrected chi connectivity index (χ2v) is 4.53. The molecule has 0 saturated carbocycles. The van der Waals surface area contributed by atoms with E-state index < -0.39 is 0 Å². The summed E-state index contributed by atoms with van der Waals surface area (Å²) in [6.07, 6.45) is 8.52. The Morgan fingerprint density at radius 3 is 2.53 bits per heavy atom. The van der Waals surface area contributed by atoms with Gasteiger partial charge in [0, 0.05) is 18.8 Å². The second-order valence-electron chi connectivity index (χ2n) is 4.53. The third-order valence-electron chi connectivity index (χ3n) is 3.54. The average Bonchev–Trinajstić information content (AvgIpc) is 2.49. The number of nitrogens with zero attached hydrogens (tertiary/aromatic N) is 2. The van der Waals surface area contributed by atoms with Crippen molar-refractivity contribution in [3.63, 3.8) is 0 Å². The summed E-state index contributed by atoms with van der Waals surface area (Å²) in [5, 5.41) is 8.92. The van der Waals surface area contributed by atoms with Gasteiger partial charge in [-0.3, -0.25) is 0 Å². The molecule has 0 amide bonds. The molecule has 2 nitrogen and oxygen atoms in total. The molecule has 84 valence electrons. The molecule has 1 aromatic rings. The predicted octanol–water partition coefficient (Wildman–Crippen LogP) is 2.41. The van der Waals surface area contributed by atoms with Crippen LogP contribution in [-0.4, -0.2) is 18.0 Å². The van der Waals surface area contributed by atoms with E-state index in [9.17, 15) is 0 Å². The topological polar surface area (TPSA) is 27.0 Å². The van der Waals surface area contributed by atoms with Gasteiger partial charge >= 0.3 is 0 Å². The fourth-order valence-electron chi connectivity index (χ4n) is 2.45. The lowest BCUT2D eigenvalue weighted by Crippen LogP contribution is -2.26. The van der Waals surface area contributed by atoms with Gasteiger partial charge in [-0.25, -0.2) is 0 Å². The van der Waals surface area contributed by atoms with Gasteiger partial charge in [0.1, 0.15) is 0 Å². The minimum absolute atomic E-state index is 0.778. The molecule has 0 bridgehead atoms. The highest BCUT2D eigenvalue weighted by Crippen LogP contribution is 2.22. The highest BCUT2D eigenvalue weighted by Gasteiger charge is 2.16. The first-order valence-electron chi connectivity index (χ1n) is 6.02. The van der Waals surface area contributed by atoms with Crippen molar-refractivity contribution in [3.8, 4) is 6.07 Å². The zero-order valence-corrected chi connectivity index (χ0v) is 9.69. The average molecular weight is 222 g/mol. The van der Waals surface area contributed by atoms with Crippen LogP contribution in [0.3, 0.4) is 0 Å². The maximum atomic E-state index is 8.92. The van der Waals surface area contributed by atoms with Gasteiger partial charge in [0.15, 0.2) is 0 Å². The maximum Gasteiger partial charge on any atom is 0.0991 e. The number of nitriles is 1. The predicted molar refractivity (Wildman–Crippen MR) is 67.4 cm³/mol. The molecule has 0 saturated heterocycles. The van der Waals surface area contributed by atoms with Gasteiger partial charge in [0.25, 0.3) is 0 Å². The Labute approximate surface area is 101 Å². The van der Waals surface area contributed by atoms with Gasteiger partial charge in [0.05, 0.1) is 11.6 Å². The van der Waals surface area contributed by atoms with Crippen LogP contribution in [0.25, 0.3) is 0 Å². The Hall–Kier alpha value is -2.01. The largest absolute Gasteiger partial charge is 0.371 e. The molecule has 0 fully saturated rings. The first kappa shape index (κ1) is 10.2. The maximum absolute atomic E-state index is 8.92. The fourth-order valence-corrected chi connectivity index (χ4v) is 2.45. The van der Waals surface area contributed by atoms with E-state index in [1.165, 1.54) is 16.8 Å². The molecule has 0 radical (unpaired) electrons. The Morgan fingerprint density at radius 2 is 1.88 bits per heavy atom. The smallest absolute Gasteiger partial charge is 0.0991 e. The van der Waals surface area contributed by atoms with Crippen LogP contribution in [0.15, 0.2) is 42.1 Å². The SMILES string of the molecule is N#Cc1ccc2c(c1)CCN(C1=CC=C1)CC2. The molecule has 0 aromatic heterocycles. The van der Waals surface area contributed by atoms with Crippen LogP contribution < -0.4 is 0 Å². The van der Waals surface area contributed by atoms with Crippen LogP contribution in [0.5, 0.6) is 0 Å². The zero-order valence-electron chi connectivity index (χ0n) is 9.69. The number of benzene rings is 1. The standard InChI is InChI=1S/C15H14N2/c16-11-12-4-5-13-6-8-17(15-2-1-3-15)9-7-14(13)10-12/h1-5,10H,6-9H2. The van der Waals surface area contributed by atoms with Gasteiger partial charge in [-0.15, -0.1) is 0 Å². The van der Waals surface area contributed by atoms with E-state index >= 15 is 0 Å². The summed E-state index contributed by atoms with van der Waals surface area (Å²) in [6, 6.07) is 8.30. The van der Waals surface area contributed by atoms with Gasteiger partial charge in [-0.1, -0.05) is 12.1 Å². The van der Waals surface area contributed by atoms with Crippen LogP contribution >= 0.6 is 0 Å². The number of allylic oxidation sites excluding steroid dienone is 3. The summed E-state index contributed by atoms with van der Waals surface area (Å²) in [6.45, 7) is 2.13. The molecular formula is C15H14N2. The van der Waals surface area contributed by atoms with Crippen LogP contribution in [0.1, 0.15) is 16.7 Å². The summed E-state index contributed by atoms with van der Waals surface area (Å²) in [4.78, 5) is 2.42. The Balaban J connectivity index is 1.82. The van der Waals surface area contributed by atoms with Gasteiger partial charge < -0.3 is 4.90 Å². The van der Waals surface area contributed by atoms with E-state index in [1.807, 2.05) is 12.1 Å². The zero-order chi connectivity index (χ0) is 11.7. The molecule has 3 rings (SSSR count). The van der Waals surface area contributed by atoms with Crippen LogP contribution in [0.2, 0.25) is 0 Å². The highest BCUT2D eigenvalue weighted by molar-refractivity contribution is 5.40. The van der Waals surface area contributed by atoms with Crippen molar-refractivity contribution in [2.45, 2.75) is 12.8 Å². The minimum atomic E-state index is 0.778. The molecule has 1 aliphatic heterocycles. The normalized spacial score (nSPS) is 17.6. The molecule has 17 heavy (non-hydrogen) atoms. The van der Waals surface area contributed by atoms with Crippen molar-refractivity contribution in [1.82, 2.24) is 4.90 Å². The van der Waals surface area contributed by atoms with E-state index in [0.717, 1.165) is 31.5 Å². The summed E-state index contributed by atoms with van der Waals surface area (Å²) >= 11 is 0. The van der Waals surface area contributed by atoms with E-state index in [4.69, 9.17) is 5.26 Å². The third kappa shape index (κ3) is 1.85. The van der Waals surface area contributed by atoms with Crippen molar-refractivity contribution in [2.24, 2.45) is 0 Å². The lowest BCUT2D eigenvalue weighted by molar-refractivity contribution is 0.370. The van der Waals surface area contributed by atoms with Crippen molar-refractivity contribution in [3.05, 3.63) is 58.8 Å². The summed E-state index contributed by atoms with van der Waals surface area (Å²) in [7, 11) is 0. The second kappa shape index (κ2) is 4.10. The minimum Gasteiger partial charge on any atom is -0.371 e. The molecule has 2 heteroatoms. The number of hydrogen-bond donors (Lipinski definition) is 0. The lowest BCUT2D eigenvalue weighted by atomic mass is 10.0. The Morgan fingerprint density at radius 1 is 1.12 bits per heavy atom. The van der Waals surface area contributed by atoms with Crippen molar-refractivity contribution in [1.29, 1.82) is 5.26 Å². The van der Waals surface area contributed by atoms with Crippen molar-refractivity contribution >= 4 is 0 Å². The molecule has 1 aromatic carbocycles. The quantitative estimate of drug-likeness (QED) is 0.729. The van der Waals surface area contributed by atoms with E-state index in [1.54, 1.807) is 0 Å². The van der Waals surface area contributed by atoms with E-state index in [-0.39, 0.29) is 0 Å². The fraction of sp³-hybridized carbons (Fsp3) is 0.267. The summed E-state index contributed by atoms with van der Waals surface area (Å²) in [5.74, 6) is 0. The van der Waals surface area contributed by atoms with E-state index in [0.29, 0.717) is 0 Å². The first-order valence-corrected chi connectivity index (χ1v) is 6.02. The third-order valence-corrected chi connectivity index (χ3v) is 3.54. The molecule has 0 spiro atoms. The molecule has 1 aliphatic carbocycles. The molecule has 0 N–H and O–H groups in total. The number of rotatable bonds is 1. The number of hydrogen-bond acceptors (Lipinski definition) is 2. The van der Waals surface area contributed by atoms with E-state index in [2.05, 4.69) is 35.3 Å². The highest BCUT2D eigenvalue weighted by atomic mass is 15.1.